The monoisotopic (exact) mass is 330 g/mol. The maximum Gasteiger partial charge on any atom is 0.246 e. The van der Waals surface area contributed by atoms with Crippen molar-refractivity contribution in [2.75, 3.05) is 32.7 Å². The summed E-state index contributed by atoms with van der Waals surface area (Å²) in [6, 6.07) is 4.62. The van der Waals surface area contributed by atoms with Crippen molar-refractivity contribution < 1.29 is 22.1 Å². The highest BCUT2D eigenvalue weighted by atomic mass is 32.2. The van der Waals surface area contributed by atoms with Gasteiger partial charge in [-0.1, -0.05) is 0 Å². The molecule has 0 aliphatic carbocycles. The number of hydrogen-bond acceptors (Lipinski definition) is 3. The van der Waals surface area contributed by atoms with Gasteiger partial charge in [-0.05, 0) is 19.1 Å². The van der Waals surface area contributed by atoms with Crippen LogP contribution < -0.4 is 4.90 Å². The average molecular weight is 330 g/mol. The van der Waals surface area contributed by atoms with Crippen molar-refractivity contribution in [1.29, 1.82) is 5.26 Å². The molecule has 1 aromatic rings. The Morgan fingerprint density at radius 3 is 2.55 bits per heavy atom. The van der Waals surface area contributed by atoms with Crippen molar-refractivity contribution in [3.05, 3.63) is 29.8 Å². The minimum absolute atomic E-state index is 0.0901. The second kappa shape index (κ2) is 6.69. The highest BCUT2D eigenvalue weighted by Gasteiger charge is 2.32. The van der Waals surface area contributed by atoms with Crippen LogP contribution in [0.3, 0.4) is 0 Å². The number of quaternary nitrogens is 1. The van der Waals surface area contributed by atoms with Crippen LogP contribution >= 0.6 is 0 Å². The molecule has 0 bridgehead atoms. The lowest BCUT2D eigenvalue weighted by molar-refractivity contribution is -0.905. The zero-order chi connectivity index (χ0) is 16.3. The van der Waals surface area contributed by atoms with Gasteiger partial charge >= 0.3 is 0 Å². The molecule has 120 valence electrons. The van der Waals surface area contributed by atoms with Crippen LogP contribution in [-0.4, -0.2) is 45.4 Å². The maximum atomic E-state index is 13.7. The molecule has 1 atom stereocenters. The molecule has 0 unspecified atom stereocenters. The molecular weight excluding hydrogens is 312 g/mol. The predicted molar refractivity (Wildman–Crippen MR) is 75.5 cm³/mol. The van der Waals surface area contributed by atoms with Crippen LogP contribution in [0.5, 0.6) is 0 Å². The average Bonchev–Trinajstić information content (AvgIpc) is 2.47. The Balaban J connectivity index is 2.08. The number of rotatable bonds is 4. The fourth-order valence-electron chi connectivity index (χ4n) is 2.55. The summed E-state index contributed by atoms with van der Waals surface area (Å²) in [6.07, 6.45) is 0. The summed E-state index contributed by atoms with van der Waals surface area (Å²) in [7, 11) is -3.95. The first-order valence-corrected chi connectivity index (χ1v) is 8.47. The van der Waals surface area contributed by atoms with E-state index in [1.165, 1.54) is 4.31 Å². The summed E-state index contributed by atoms with van der Waals surface area (Å²) in [6.45, 7) is 4.13. The fraction of sp³-hybridized carbons (Fsp3) is 0.500. The van der Waals surface area contributed by atoms with E-state index in [1.54, 1.807) is 0 Å². The smallest absolute Gasteiger partial charge is 0.246 e. The van der Waals surface area contributed by atoms with Crippen molar-refractivity contribution in [2.45, 2.75) is 11.8 Å². The van der Waals surface area contributed by atoms with Crippen molar-refractivity contribution in [3.8, 4) is 6.07 Å². The molecule has 5 nitrogen and oxygen atoms in total. The van der Waals surface area contributed by atoms with E-state index >= 15 is 0 Å². The molecule has 2 rings (SSSR count). The molecule has 0 aromatic heterocycles. The summed E-state index contributed by atoms with van der Waals surface area (Å²) in [5.41, 5.74) is 0. The zero-order valence-electron chi connectivity index (χ0n) is 12.2. The molecule has 1 aliphatic rings. The molecule has 1 N–H and O–H groups in total. The van der Waals surface area contributed by atoms with Gasteiger partial charge in [-0.25, -0.2) is 17.2 Å². The summed E-state index contributed by atoms with van der Waals surface area (Å²) in [5, 5.41) is 8.81. The van der Waals surface area contributed by atoms with Crippen LogP contribution in [0.2, 0.25) is 0 Å². The Kier molecular flexibility index (Phi) is 5.11. The quantitative estimate of drug-likeness (QED) is 0.846. The van der Waals surface area contributed by atoms with Gasteiger partial charge in [0.1, 0.15) is 16.5 Å². The number of nitriles is 1. The van der Waals surface area contributed by atoms with Gasteiger partial charge in [-0.3, -0.25) is 0 Å². The van der Waals surface area contributed by atoms with E-state index in [4.69, 9.17) is 5.26 Å². The third-order valence-corrected chi connectivity index (χ3v) is 5.69. The molecule has 0 amide bonds. The molecule has 0 saturated carbocycles. The van der Waals surface area contributed by atoms with Crippen LogP contribution in [0, 0.1) is 28.9 Å². The van der Waals surface area contributed by atoms with Gasteiger partial charge < -0.3 is 4.90 Å². The largest absolute Gasteiger partial charge is 0.332 e. The normalized spacial score (nSPS) is 18.8. The molecular formula is C14H18F2N3O2S+. The minimum Gasteiger partial charge on any atom is -0.332 e. The molecule has 8 heteroatoms. The van der Waals surface area contributed by atoms with Crippen molar-refractivity contribution in [1.82, 2.24) is 4.31 Å². The van der Waals surface area contributed by atoms with Gasteiger partial charge in [0.15, 0.2) is 0 Å². The highest BCUT2D eigenvalue weighted by molar-refractivity contribution is 7.89. The van der Waals surface area contributed by atoms with Crippen LogP contribution in [-0.2, 0) is 10.0 Å². The number of halogens is 2. The van der Waals surface area contributed by atoms with E-state index in [1.807, 2.05) is 6.92 Å². The van der Waals surface area contributed by atoms with Gasteiger partial charge in [0, 0.05) is 6.07 Å². The highest BCUT2D eigenvalue weighted by Crippen LogP contribution is 2.20. The van der Waals surface area contributed by atoms with Crippen molar-refractivity contribution >= 4 is 10.0 Å². The van der Waals surface area contributed by atoms with Gasteiger partial charge in [0.25, 0.3) is 0 Å². The number of sulfonamides is 1. The Morgan fingerprint density at radius 1 is 1.36 bits per heavy atom. The van der Waals surface area contributed by atoms with E-state index in [2.05, 4.69) is 6.07 Å². The molecule has 0 radical (unpaired) electrons. The summed E-state index contributed by atoms with van der Waals surface area (Å²) in [4.78, 5) is 0.655. The van der Waals surface area contributed by atoms with E-state index in [9.17, 15) is 17.2 Å². The molecule has 1 heterocycles. The predicted octanol–water partition coefficient (Wildman–Crippen LogP) is 0.0137. The molecule has 1 aliphatic heterocycles. The first-order chi connectivity index (χ1) is 10.3. The maximum absolute atomic E-state index is 13.7. The standard InChI is InChI=1S/C14H17F2N3O2S/c1-11(9-17)10-18-4-6-19(7-5-18)22(20,21)14-3-2-12(15)8-13(14)16/h2-3,8,11H,4-7,10H2,1H3/p+1/t11-/m0/s1. The van der Waals surface area contributed by atoms with Crippen LogP contribution in [0.4, 0.5) is 8.78 Å². The first kappa shape index (κ1) is 16.8. The topological polar surface area (TPSA) is 65.6 Å². The SMILES string of the molecule is C[C@@H](C#N)C[NH+]1CCN(S(=O)(=O)c2ccc(F)cc2F)CC1. The zero-order valence-corrected chi connectivity index (χ0v) is 13.0. The van der Waals surface area contributed by atoms with Crippen LogP contribution in [0.1, 0.15) is 6.92 Å². The fourth-order valence-corrected chi connectivity index (χ4v) is 4.04. The van der Waals surface area contributed by atoms with Crippen LogP contribution in [0.25, 0.3) is 0 Å². The molecule has 1 aromatic carbocycles. The Morgan fingerprint density at radius 2 is 2.00 bits per heavy atom. The number of nitrogens with zero attached hydrogens (tertiary/aromatic N) is 2. The third kappa shape index (κ3) is 3.61. The Bertz CT molecular complexity index is 680. The van der Waals surface area contributed by atoms with E-state index in [-0.39, 0.29) is 19.0 Å². The van der Waals surface area contributed by atoms with Crippen molar-refractivity contribution in [3.63, 3.8) is 0 Å². The second-order valence-electron chi connectivity index (χ2n) is 5.46. The molecule has 1 fully saturated rings. The Hall–Kier alpha value is -1.56. The van der Waals surface area contributed by atoms with Gasteiger partial charge in [0.05, 0.1) is 44.7 Å². The lowest BCUT2D eigenvalue weighted by atomic mass is 10.2. The molecule has 1 saturated heterocycles. The number of piperazine rings is 1. The van der Waals surface area contributed by atoms with Crippen LogP contribution in [0.15, 0.2) is 23.1 Å². The second-order valence-corrected chi connectivity index (χ2v) is 7.37. The summed E-state index contributed by atoms with van der Waals surface area (Å²) in [5.74, 6) is -1.98. The summed E-state index contributed by atoms with van der Waals surface area (Å²) < 4.78 is 52.6. The molecule has 0 spiro atoms. The number of benzene rings is 1. The minimum atomic E-state index is -3.95. The van der Waals surface area contributed by atoms with E-state index in [0.29, 0.717) is 25.7 Å². The number of nitrogens with one attached hydrogen (secondary N) is 1. The van der Waals surface area contributed by atoms with Gasteiger partial charge in [0.2, 0.25) is 10.0 Å². The van der Waals surface area contributed by atoms with E-state index < -0.39 is 26.6 Å². The lowest BCUT2D eigenvalue weighted by Crippen LogP contribution is -3.15. The molecule has 22 heavy (non-hydrogen) atoms. The number of hydrogen-bond donors (Lipinski definition) is 1. The summed E-state index contributed by atoms with van der Waals surface area (Å²) >= 11 is 0. The first-order valence-electron chi connectivity index (χ1n) is 7.03. The van der Waals surface area contributed by atoms with Gasteiger partial charge in [-0.2, -0.15) is 9.57 Å². The third-order valence-electron chi connectivity index (χ3n) is 3.76. The Labute approximate surface area is 128 Å². The lowest BCUT2D eigenvalue weighted by Gasteiger charge is -2.32. The van der Waals surface area contributed by atoms with Gasteiger partial charge in [-0.15, -0.1) is 0 Å². The van der Waals surface area contributed by atoms with E-state index in [0.717, 1.165) is 17.0 Å². The van der Waals surface area contributed by atoms with Crippen molar-refractivity contribution in [2.24, 2.45) is 5.92 Å².